The van der Waals surface area contributed by atoms with Crippen LogP contribution in [-0.2, 0) is 9.05 Å². The minimum absolute atomic E-state index is 0.00896. The first-order valence-electron chi connectivity index (χ1n) is 5.58. The summed E-state index contributed by atoms with van der Waals surface area (Å²) >= 11 is 0. The molecule has 1 aromatic rings. The number of carbonyl (C=O) groups excluding carboxylic acids is 1. The lowest BCUT2D eigenvalue weighted by Crippen LogP contribution is -2.27. The van der Waals surface area contributed by atoms with Gasteiger partial charge in [0.15, 0.2) is 5.76 Å². The third-order valence-corrected chi connectivity index (χ3v) is 3.97. The van der Waals surface area contributed by atoms with Crippen LogP contribution in [-0.4, -0.2) is 32.8 Å². The molecule has 0 spiro atoms. The van der Waals surface area contributed by atoms with Crippen LogP contribution in [0.15, 0.2) is 15.4 Å². The van der Waals surface area contributed by atoms with E-state index >= 15 is 0 Å². The number of halogens is 1. The van der Waals surface area contributed by atoms with Gasteiger partial charge in [-0.05, 0) is 13.3 Å². The zero-order chi connectivity index (χ0) is 13.9. The van der Waals surface area contributed by atoms with E-state index in [4.69, 9.17) is 15.1 Å². The van der Waals surface area contributed by atoms with Crippen molar-refractivity contribution in [3.8, 4) is 0 Å². The number of nitrogens with zero attached hydrogens (tertiary/aromatic N) is 1. The largest absolute Gasteiger partial charge is 0.455 e. The summed E-state index contributed by atoms with van der Waals surface area (Å²) in [6.07, 6.45) is 1.85. The van der Waals surface area contributed by atoms with E-state index in [1.54, 1.807) is 7.05 Å². The Kier molecular flexibility index (Phi) is 4.81. The average Bonchev–Trinajstić information content (AvgIpc) is 2.66. The summed E-state index contributed by atoms with van der Waals surface area (Å²) in [5.74, 6) is -0.235. The number of hydrogen-bond donors (Lipinski definition) is 0. The average molecular weight is 294 g/mol. The van der Waals surface area contributed by atoms with Gasteiger partial charge in [0.2, 0.25) is 0 Å². The second-order valence-electron chi connectivity index (χ2n) is 4.05. The molecule has 0 aliphatic carbocycles. The zero-order valence-corrected chi connectivity index (χ0v) is 12.1. The Morgan fingerprint density at radius 2 is 2.11 bits per heavy atom. The lowest BCUT2D eigenvalue weighted by molar-refractivity contribution is 0.0760. The van der Waals surface area contributed by atoms with Crippen molar-refractivity contribution in [1.82, 2.24) is 4.90 Å². The Balaban J connectivity index is 2.95. The summed E-state index contributed by atoms with van der Waals surface area (Å²) in [6.45, 7) is 4.07. The van der Waals surface area contributed by atoms with Crippen molar-refractivity contribution < 1.29 is 17.6 Å². The maximum atomic E-state index is 11.9. The number of furan rings is 1. The SMILES string of the molecule is CCCCN(C)C(=O)c1cc(S(=O)(=O)Cl)c(C)o1. The first-order chi connectivity index (χ1) is 8.27. The second-order valence-corrected chi connectivity index (χ2v) is 6.58. The quantitative estimate of drug-likeness (QED) is 0.782. The molecule has 1 rings (SSSR count). The number of unbranched alkanes of at least 4 members (excludes halogenated alkanes) is 1. The van der Waals surface area contributed by atoms with Crippen LogP contribution in [0.4, 0.5) is 0 Å². The third kappa shape index (κ3) is 3.49. The summed E-state index contributed by atoms with van der Waals surface area (Å²) in [5, 5.41) is 0. The first kappa shape index (κ1) is 15.0. The highest BCUT2D eigenvalue weighted by molar-refractivity contribution is 8.13. The standard InChI is InChI=1S/C11H16ClNO4S/c1-4-5-6-13(3)11(14)9-7-10(8(2)17-9)18(12,15)16/h7H,4-6H2,1-3H3. The number of carbonyl (C=O) groups is 1. The highest BCUT2D eigenvalue weighted by Crippen LogP contribution is 2.24. The Morgan fingerprint density at radius 3 is 2.56 bits per heavy atom. The van der Waals surface area contributed by atoms with Gasteiger partial charge in [-0.3, -0.25) is 4.79 Å². The van der Waals surface area contributed by atoms with Gasteiger partial charge >= 0.3 is 0 Å². The fourth-order valence-electron chi connectivity index (χ4n) is 1.50. The highest BCUT2D eigenvalue weighted by Gasteiger charge is 2.23. The van der Waals surface area contributed by atoms with Crippen LogP contribution < -0.4 is 0 Å². The molecule has 0 fully saturated rings. The van der Waals surface area contributed by atoms with Crippen LogP contribution in [0.3, 0.4) is 0 Å². The molecule has 0 radical (unpaired) electrons. The normalized spacial score (nSPS) is 11.6. The molecule has 18 heavy (non-hydrogen) atoms. The fourth-order valence-corrected chi connectivity index (χ4v) is 2.59. The molecular weight excluding hydrogens is 278 g/mol. The Hall–Kier alpha value is -1.01. The van der Waals surface area contributed by atoms with Crippen LogP contribution in [0.5, 0.6) is 0 Å². The van der Waals surface area contributed by atoms with Gasteiger partial charge in [0.05, 0.1) is 0 Å². The summed E-state index contributed by atoms with van der Waals surface area (Å²) < 4.78 is 27.6. The summed E-state index contributed by atoms with van der Waals surface area (Å²) in [4.78, 5) is 13.3. The second kappa shape index (κ2) is 5.75. The van der Waals surface area contributed by atoms with Gasteiger partial charge < -0.3 is 9.32 Å². The summed E-state index contributed by atoms with van der Waals surface area (Å²) in [6, 6.07) is 1.17. The van der Waals surface area contributed by atoms with Crippen LogP contribution in [0.2, 0.25) is 0 Å². The van der Waals surface area contributed by atoms with Crippen molar-refractivity contribution in [3.05, 3.63) is 17.6 Å². The molecule has 5 nitrogen and oxygen atoms in total. The van der Waals surface area contributed by atoms with Crippen LogP contribution in [0, 0.1) is 6.92 Å². The minimum Gasteiger partial charge on any atom is -0.455 e. The molecule has 1 aromatic heterocycles. The molecule has 0 unspecified atom stereocenters. The lowest BCUT2D eigenvalue weighted by Gasteiger charge is -2.14. The van der Waals surface area contributed by atoms with Gasteiger partial charge in [-0.15, -0.1) is 0 Å². The van der Waals surface area contributed by atoms with Crippen LogP contribution >= 0.6 is 10.7 Å². The fraction of sp³-hybridized carbons (Fsp3) is 0.545. The Bertz CT molecular complexity index is 535. The molecule has 0 atom stereocenters. The van der Waals surface area contributed by atoms with E-state index < -0.39 is 9.05 Å². The maximum Gasteiger partial charge on any atom is 0.289 e. The van der Waals surface area contributed by atoms with E-state index in [2.05, 4.69) is 0 Å². The predicted octanol–water partition coefficient (Wildman–Crippen LogP) is 2.39. The highest BCUT2D eigenvalue weighted by atomic mass is 35.7. The third-order valence-electron chi connectivity index (χ3n) is 2.54. The van der Waals surface area contributed by atoms with Crippen molar-refractivity contribution >= 4 is 25.6 Å². The van der Waals surface area contributed by atoms with Crippen molar-refractivity contribution in [1.29, 1.82) is 0 Å². The van der Waals surface area contributed by atoms with E-state index in [1.165, 1.54) is 17.9 Å². The van der Waals surface area contributed by atoms with Gasteiger partial charge in [-0.1, -0.05) is 13.3 Å². The minimum atomic E-state index is -3.88. The molecule has 0 N–H and O–H groups in total. The Morgan fingerprint density at radius 1 is 1.50 bits per heavy atom. The Labute approximate surface area is 111 Å². The summed E-state index contributed by atoms with van der Waals surface area (Å²) in [7, 11) is 2.99. The number of amides is 1. The van der Waals surface area contributed by atoms with Gasteiger partial charge in [0.25, 0.3) is 15.0 Å². The van der Waals surface area contributed by atoms with Crippen LogP contribution in [0.25, 0.3) is 0 Å². The molecule has 0 aliphatic heterocycles. The van der Waals surface area contributed by atoms with E-state index in [0.29, 0.717) is 6.54 Å². The topological polar surface area (TPSA) is 67.6 Å². The monoisotopic (exact) mass is 293 g/mol. The maximum absolute atomic E-state index is 11.9. The molecule has 0 saturated heterocycles. The first-order valence-corrected chi connectivity index (χ1v) is 7.88. The molecule has 7 heteroatoms. The molecule has 102 valence electrons. The van der Waals surface area contributed by atoms with E-state index in [0.717, 1.165) is 12.8 Å². The van der Waals surface area contributed by atoms with Crippen molar-refractivity contribution in [2.75, 3.05) is 13.6 Å². The molecular formula is C11H16ClNO4S. The van der Waals surface area contributed by atoms with Crippen molar-refractivity contribution in [3.63, 3.8) is 0 Å². The zero-order valence-electron chi connectivity index (χ0n) is 10.6. The molecule has 1 heterocycles. The van der Waals surface area contributed by atoms with Gasteiger partial charge in [0.1, 0.15) is 10.7 Å². The van der Waals surface area contributed by atoms with E-state index in [9.17, 15) is 13.2 Å². The van der Waals surface area contributed by atoms with Gasteiger partial charge in [0, 0.05) is 30.3 Å². The van der Waals surface area contributed by atoms with Crippen molar-refractivity contribution in [2.24, 2.45) is 0 Å². The number of rotatable bonds is 5. The lowest BCUT2D eigenvalue weighted by atomic mass is 10.3. The number of hydrogen-bond acceptors (Lipinski definition) is 4. The molecule has 1 amide bonds. The van der Waals surface area contributed by atoms with Gasteiger partial charge in [-0.25, -0.2) is 8.42 Å². The molecule has 0 aromatic carbocycles. The molecule has 0 bridgehead atoms. The number of aryl methyl sites for hydroxylation is 1. The predicted molar refractivity (Wildman–Crippen MR) is 68.4 cm³/mol. The summed E-state index contributed by atoms with van der Waals surface area (Å²) in [5.41, 5.74) is 0. The van der Waals surface area contributed by atoms with Gasteiger partial charge in [-0.2, -0.15) is 0 Å². The molecule has 0 saturated carbocycles. The van der Waals surface area contributed by atoms with E-state index in [1.807, 2.05) is 6.92 Å². The van der Waals surface area contributed by atoms with Crippen molar-refractivity contribution in [2.45, 2.75) is 31.6 Å². The van der Waals surface area contributed by atoms with Crippen LogP contribution in [0.1, 0.15) is 36.1 Å². The smallest absolute Gasteiger partial charge is 0.289 e. The van der Waals surface area contributed by atoms with E-state index in [-0.39, 0.29) is 22.3 Å². The molecule has 0 aliphatic rings.